The number of esters is 1. The molecule has 0 aromatic carbocycles. The van der Waals surface area contributed by atoms with Crippen molar-refractivity contribution in [3.63, 3.8) is 0 Å². The van der Waals surface area contributed by atoms with Crippen LogP contribution in [0, 0.1) is 62.1 Å². The SMILES string of the molecule is CC(C)C1=C2[C@H]3CCC4[C@@]5(C)CC[C@H](OC(=O)CC(C)(C)C(=O)O)C(C)(C)C5CC[C@@]4(C)[C@]3(C)CC[C@@]2(CCN(CCN(C)C)CC2CCC2)CC1=O. The predicted octanol–water partition coefficient (Wildman–Crippen LogP) is 9.43. The minimum atomic E-state index is -1.14. The molecule has 8 atom stereocenters. The summed E-state index contributed by atoms with van der Waals surface area (Å²) in [6.45, 7) is 24.8. The van der Waals surface area contributed by atoms with Gasteiger partial charge in [0.25, 0.3) is 0 Å². The molecule has 0 bridgehead atoms. The van der Waals surface area contributed by atoms with Gasteiger partial charge in [-0.1, -0.05) is 60.5 Å². The summed E-state index contributed by atoms with van der Waals surface area (Å²) in [5.41, 5.74) is 1.93. The summed E-state index contributed by atoms with van der Waals surface area (Å²) in [7, 11) is 4.37. The number of rotatable bonds is 13. The van der Waals surface area contributed by atoms with Gasteiger partial charge in [-0.25, -0.2) is 0 Å². The largest absolute Gasteiger partial charge is 0.481 e. The number of hydrogen-bond donors (Lipinski definition) is 1. The van der Waals surface area contributed by atoms with E-state index in [1.54, 1.807) is 19.4 Å². The molecule has 2 unspecified atom stereocenters. The highest BCUT2D eigenvalue weighted by molar-refractivity contribution is 6.00. The molecule has 5 saturated carbocycles. The average molecular weight is 737 g/mol. The second-order valence-corrected chi connectivity index (χ2v) is 21.8. The molecule has 0 aliphatic heterocycles. The number of Topliss-reactive ketones (excluding diaryl/α,β-unsaturated/α-hetero) is 1. The van der Waals surface area contributed by atoms with Gasteiger partial charge in [-0.05, 0) is 157 Å². The van der Waals surface area contributed by atoms with Gasteiger partial charge >= 0.3 is 11.9 Å². The summed E-state index contributed by atoms with van der Waals surface area (Å²) in [5, 5.41) is 9.64. The van der Waals surface area contributed by atoms with Crippen molar-refractivity contribution in [1.29, 1.82) is 0 Å². The minimum Gasteiger partial charge on any atom is -0.481 e. The highest BCUT2D eigenvalue weighted by Gasteiger charge is 2.70. The molecule has 0 amide bonds. The fraction of sp³-hybridized carbons (Fsp3) is 0.891. The molecule has 6 aliphatic carbocycles. The molecule has 0 aromatic rings. The molecule has 6 rings (SSSR count). The Morgan fingerprint density at radius 2 is 1.57 bits per heavy atom. The fourth-order valence-corrected chi connectivity index (χ4v) is 13.9. The Bertz CT molecular complexity index is 1460. The number of carboxylic acids is 1. The maximum atomic E-state index is 14.2. The number of hydrogen-bond acceptors (Lipinski definition) is 6. The van der Waals surface area contributed by atoms with Gasteiger partial charge in [0.2, 0.25) is 0 Å². The molecule has 300 valence electrons. The maximum absolute atomic E-state index is 14.2. The molecule has 0 aromatic heterocycles. The third-order valence-electron chi connectivity index (χ3n) is 17.5. The van der Waals surface area contributed by atoms with Gasteiger partial charge in [-0.15, -0.1) is 0 Å². The zero-order valence-electron chi connectivity index (χ0n) is 35.7. The van der Waals surface area contributed by atoms with Crippen LogP contribution < -0.4 is 0 Å². The lowest BCUT2D eigenvalue weighted by atomic mass is 9.33. The second kappa shape index (κ2) is 14.3. The number of carbonyl (C=O) groups excluding carboxylic acids is 2. The van der Waals surface area contributed by atoms with Gasteiger partial charge in [0, 0.05) is 36.9 Å². The topological polar surface area (TPSA) is 87.2 Å². The van der Waals surface area contributed by atoms with E-state index in [4.69, 9.17) is 4.74 Å². The van der Waals surface area contributed by atoms with Crippen LogP contribution in [-0.4, -0.2) is 79.0 Å². The van der Waals surface area contributed by atoms with Crippen molar-refractivity contribution in [2.24, 2.45) is 62.1 Å². The molecule has 0 saturated heterocycles. The molecule has 0 spiro atoms. The Balaban J connectivity index is 1.25. The van der Waals surface area contributed by atoms with Crippen molar-refractivity contribution >= 4 is 17.7 Å². The summed E-state index contributed by atoms with van der Waals surface area (Å²) in [6.07, 6.45) is 14.6. The Morgan fingerprint density at radius 3 is 2.17 bits per heavy atom. The van der Waals surface area contributed by atoms with E-state index >= 15 is 0 Å². The molecule has 7 nitrogen and oxygen atoms in total. The zero-order chi connectivity index (χ0) is 38.9. The average Bonchev–Trinajstić information content (AvgIpc) is 3.33. The third-order valence-corrected chi connectivity index (χ3v) is 17.5. The molecule has 7 heteroatoms. The van der Waals surface area contributed by atoms with E-state index in [2.05, 4.69) is 72.4 Å². The summed E-state index contributed by atoms with van der Waals surface area (Å²) in [4.78, 5) is 44.2. The van der Waals surface area contributed by atoms with Crippen molar-refractivity contribution in [3.05, 3.63) is 11.1 Å². The molecule has 53 heavy (non-hydrogen) atoms. The summed E-state index contributed by atoms with van der Waals surface area (Å²) in [6, 6.07) is 0. The lowest BCUT2D eigenvalue weighted by Crippen LogP contribution is -2.65. The quantitative estimate of drug-likeness (QED) is 0.189. The maximum Gasteiger partial charge on any atom is 0.309 e. The van der Waals surface area contributed by atoms with Crippen LogP contribution in [-0.2, 0) is 19.1 Å². The van der Waals surface area contributed by atoms with Gasteiger partial charge in [0.05, 0.1) is 11.8 Å². The van der Waals surface area contributed by atoms with E-state index in [-0.39, 0.29) is 51.5 Å². The van der Waals surface area contributed by atoms with Crippen LogP contribution in [0.5, 0.6) is 0 Å². The van der Waals surface area contributed by atoms with Crippen LogP contribution in [0.3, 0.4) is 0 Å². The van der Waals surface area contributed by atoms with E-state index in [9.17, 15) is 19.5 Å². The third kappa shape index (κ3) is 6.90. The Hall–Kier alpha value is -1.73. The second-order valence-electron chi connectivity index (χ2n) is 21.8. The lowest BCUT2D eigenvalue weighted by molar-refractivity contribution is -0.233. The number of ketones is 1. The van der Waals surface area contributed by atoms with E-state index in [1.165, 1.54) is 57.1 Å². The van der Waals surface area contributed by atoms with Crippen LogP contribution in [0.15, 0.2) is 11.1 Å². The first-order valence-electron chi connectivity index (χ1n) is 21.7. The van der Waals surface area contributed by atoms with Crippen LogP contribution in [0.4, 0.5) is 0 Å². The van der Waals surface area contributed by atoms with Crippen molar-refractivity contribution in [2.75, 3.05) is 40.3 Å². The van der Waals surface area contributed by atoms with Crippen LogP contribution >= 0.6 is 0 Å². The summed E-state index contributed by atoms with van der Waals surface area (Å²) < 4.78 is 6.21. The number of fused-ring (bicyclic) bond motifs is 7. The molecule has 0 heterocycles. The molecule has 1 N–H and O–H groups in total. The van der Waals surface area contributed by atoms with Crippen molar-refractivity contribution in [3.8, 4) is 0 Å². The number of nitrogens with zero attached hydrogens (tertiary/aromatic N) is 2. The standard InChI is InChI=1S/C46H76N2O5/c1-30(2)38-33(49)27-46(23-24-48(26-25-47(10)11)29-31-13-12-14-31)22-21-44(8)32(39(38)46)15-16-35-43(7)19-18-36(53-37(50)28-41(3,4)40(51)52)42(5,6)34(43)17-20-45(35,44)9/h30-32,34-36H,12-29H2,1-11H3,(H,51,52)/t32-,34?,35?,36+,43+,44-,45-,46-/m1/s1. The Kier molecular flexibility index (Phi) is 11.1. The first-order valence-corrected chi connectivity index (χ1v) is 21.7. The van der Waals surface area contributed by atoms with E-state index in [0.717, 1.165) is 64.1 Å². The molecular weight excluding hydrogens is 661 g/mol. The Labute approximate surface area is 322 Å². The van der Waals surface area contributed by atoms with Gasteiger partial charge in [0.15, 0.2) is 5.78 Å². The fourth-order valence-electron chi connectivity index (χ4n) is 13.9. The van der Waals surface area contributed by atoms with Crippen molar-refractivity contribution < 1.29 is 24.2 Å². The van der Waals surface area contributed by atoms with Gasteiger partial charge in [-0.2, -0.15) is 0 Å². The molecular formula is C46H76N2O5. The van der Waals surface area contributed by atoms with Crippen LogP contribution in [0.1, 0.15) is 152 Å². The number of carboxylic acid groups (broad SMARTS) is 1. The smallest absolute Gasteiger partial charge is 0.309 e. The van der Waals surface area contributed by atoms with Gasteiger partial charge in [-0.3, -0.25) is 14.4 Å². The van der Waals surface area contributed by atoms with E-state index in [0.29, 0.717) is 23.5 Å². The van der Waals surface area contributed by atoms with Crippen molar-refractivity contribution in [2.45, 2.75) is 158 Å². The highest BCUT2D eigenvalue weighted by Crippen LogP contribution is 2.77. The van der Waals surface area contributed by atoms with Crippen LogP contribution in [0.2, 0.25) is 0 Å². The zero-order valence-corrected chi connectivity index (χ0v) is 35.7. The summed E-state index contributed by atoms with van der Waals surface area (Å²) >= 11 is 0. The summed E-state index contributed by atoms with van der Waals surface area (Å²) in [5.74, 6) is 1.67. The normalized spacial score (nSPS) is 38.3. The first kappa shape index (κ1) is 40.9. The number of ether oxygens (including phenoxy) is 1. The number of allylic oxidation sites excluding steroid dienone is 2. The molecule has 6 aliphatic rings. The Morgan fingerprint density at radius 1 is 0.868 bits per heavy atom. The number of likely N-dealkylation sites (N-methyl/N-ethyl adjacent to an activating group) is 1. The van der Waals surface area contributed by atoms with Gasteiger partial charge < -0.3 is 19.6 Å². The number of aliphatic carboxylic acids is 1. The van der Waals surface area contributed by atoms with E-state index < -0.39 is 11.4 Å². The minimum absolute atomic E-state index is 0.0142. The molecule has 5 fully saturated rings. The van der Waals surface area contributed by atoms with Crippen molar-refractivity contribution in [1.82, 2.24) is 9.80 Å². The monoisotopic (exact) mass is 737 g/mol. The lowest BCUT2D eigenvalue weighted by Gasteiger charge is -2.72. The molecule has 0 radical (unpaired) electrons. The van der Waals surface area contributed by atoms with Crippen LogP contribution in [0.25, 0.3) is 0 Å². The highest BCUT2D eigenvalue weighted by atomic mass is 16.5. The first-order chi connectivity index (χ1) is 24.6. The predicted molar refractivity (Wildman–Crippen MR) is 212 cm³/mol. The number of carbonyl (C=O) groups is 3. The van der Waals surface area contributed by atoms with E-state index in [1.807, 2.05) is 0 Å². The van der Waals surface area contributed by atoms with Gasteiger partial charge in [0.1, 0.15) is 6.10 Å².